The van der Waals surface area contributed by atoms with E-state index in [1.54, 1.807) is 6.92 Å². The molecule has 0 aromatic carbocycles. The van der Waals surface area contributed by atoms with Gasteiger partial charge >= 0.3 is 5.97 Å². The van der Waals surface area contributed by atoms with Crippen LogP contribution < -0.4 is 0 Å². The molecule has 0 amide bonds. The fourth-order valence-corrected chi connectivity index (χ4v) is 2.12. The van der Waals surface area contributed by atoms with Crippen molar-refractivity contribution >= 4 is 17.6 Å². The quantitative estimate of drug-likeness (QED) is 0.0713. The zero-order chi connectivity index (χ0) is 24.2. The lowest BCUT2D eigenvalue weighted by molar-refractivity contribution is -0.140. The number of rotatable bonds is 27. The first-order valence-electron chi connectivity index (χ1n) is 11.2. The largest absolute Gasteiger partial charge is 0.460 e. The van der Waals surface area contributed by atoms with Crippen LogP contribution in [0.4, 0.5) is 0 Å². The number of esters is 1. The summed E-state index contributed by atoms with van der Waals surface area (Å²) >= 11 is 5.49. The van der Waals surface area contributed by atoms with Gasteiger partial charge in [-0.1, -0.05) is 6.58 Å². The number of carbonyl (C=O) groups is 1. The van der Waals surface area contributed by atoms with E-state index in [-0.39, 0.29) is 6.61 Å². The second-order valence-electron chi connectivity index (χ2n) is 6.50. The summed E-state index contributed by atoms with van der Waals surface area (Å²) in [5.41, 5.74) is 0.373. The summed E-state index contributed by atoms with van der Waals surface area (Å²) in [5.74, 6) is 0.0861. The van der Waals surface area contributed by atoms with Crippen molar-refractivity contribution in [3.63, 3.8) is 0 Å². The van der Waals surface area contributed by atoms with Crippen molar-refractivity contribution in [3.8, 4) is 0 Å². The second kappa shape index (κ2) is 27.4. The Morgan fingerprint density at radius 2 is 0.758 bits per heavy atom. The minimum atomic E-state index is -0.410. The minimum Gasteiger partial charge on any atom is -0.460 e. The Labute approximate surface area is 202 Å². The molecule has 196 valence electrons. The Kier molecular flexibility index (Phi) is 26.7. The van der Waals surface area contributed by atoms with Gasteiger partial charge in [-0.25, -0.2) is 4.79 Å². The van der Waals surface area contributed by atoms with Crippen LogP contribution in [0.1, 0.15) is 6.92 Å². The zero-order valence-corrected chi connectivity index (χ0v) is 20.7. The van der Waals surface area contributed by atoms with E-state index in [2.05, 4.69) is 6.58 Å². The first-order valence-corrected chi connectivity index (χ1v) is 11.7. The monoisotopic (exact) mass is 500 g/mol. The minimum absolute atomic E-state index is 0.204. The molecule has 11 heteroatoms. The SMILES string of the molecule is C=C(C)C(=O)OCCOCCOCCOCCOCCOCCOCCOCCOCCCl. The molecule has 0 fully saturated rings. The average molecular weight is 501 g/mol. The maximum atomic E-state index is 11.1. The number of alkyl halides is 1. The first-order chi connectivity index (χ1) is 16.2. The predicted octanol–water partition coefficient (Wildman–Crippen LogP) is 1.48. The van der Waals surface area contributed by atoms with Crippen LogP contribution in [-0.4, -0.2) is 124 Å². The van der Waals surface area contributed by atoms with E-state index in [1.807, 2.05) is 0 Å². The summed E-state index contributed by atoms with van der Waals surface area (Å²) < 4.78 is 47.7. The van der Waals surface area contributed by atoms with Crippen LogP contribution in [0.15, 0.2) is 12.2 Å². The van der Waals surface area contributed by atoms with Crippen molar-refractivity contribution < 1.29 is 47.4 Å². The molecule has 0 bridgehead atoms. The number of halogens is 1. The van der Waals surface area contributed by atoms with Gasteiger partial charge in [0.2, 0.25) is 0 Å². The molecule has 0 radical (unpaired) electrons. The van der Waals surface area contributed by atoms with Crippen LogP contribution in [0.5, 0.6) is 0 Å². The van der Waals surface area contributed by atoms with Gasteiger partial charge in [-0.05, 0) is 6.92 Å². The maximum Gasteiger partial charge on any atom is 0.333 e. The molecule has 0 aliphatic rings. The third-order valence-corrected chi connectivity index (χ3v) is 3.79. The van der Waals surface area contributed by atoms with Crippen molar-refractivity contribution in [1.82, 2.24) is 0 Å². The molecular weight excluding hydrogens is 460 g/mol. The predicted molar refractivity (Wildman–Crippen MR) is 123 cm³/mol. The van der Waals surface area contributed by atoms with E-state index in [0.29, 0.717) is 117 Å². The van der Waals surface area contributed by atoms with Gasteiger partial charge in [0.15, 0.2) is 0 Å². The van der Waals surface area contributed by atoms with Gasteiger partial charge in [0.25, 0.3) is 0 Å². The number of hydrogen-bond acceptors (Lipinski definition) is 10. The summed E-state index contributed by atoms with van der Waals surface area (Å²) in [4.78, 5) is 11.1. The lowest BCUT2D eigenvalue weighted by Crippen LogP contribution is -2.15. The van der Waals surface area contributed by atoms with Crippen LogP contribution in [0.25, 0.3) is 0 Å². The second-order valence-corrected chi connectivity index (χ2v) is 6.88. The van der Waals surface area contributed by atoms with Crippen LogP contribution in [0.2, 0.25) is 0 Å². The van der Waals surface area contributed by atoms with Crippen molar-refractivity contribution in [2.75, 3.05) is 118 Å². The molecule has 0 N–H and O–H groups in total. The molecule has 0 aromatic heterocycles. The highest BCUT2D eigenvalue weighted by Gasteiger charge is 2.01. The molecule has 0 spiro atoms. The van der Waals surface area contributed by atoms with Crippen LogP contribution in [0, 0.1) is 0 Å². The Bertz CT molecular complexity index is 439. The molecule has 0 saturated carbocycles. The fourth-order valence-electron chi connectivity index (χ4n) is 2.01. The molecule has 0 unspecified atom stereocenters. The molecule has 0 aliphatic carbocycles. The van der Waals surface area contributed by atoms with Gasteiger partial charge in [0.05, 0.1) is 106 Å². The zero-order valence-electron chi connectivity index (χ0n) is 19.9. The first kappa shape index (κ1) is 32.2. The van der Waals surface area contributed by atoms with Gasteiger partial charge in [-0.3, -0.25) is 0 Å². The van der Waals surface area contributed by atoms with E-state index < -0.39 is 5.97 Å². The Morgan fingerprint density at radius 3 is 1.00 bits per heavy atom. The maximum absolute atomic E-state index is 11.1. The van der Waals surface area contributed by atoms with Gasteiger partial charge < -0.3 is 42.6 Å². The van der Waals surface area contributed by atoms with Crippen molar-refractivity contribution in [2.24, 2.45) is 0 Å². The third kappa shape index (κ3) is 27.3. The highest BCUT2D eigenvalue weighted by molar-refractivity contribution is 6.17. The van der Waals surface area contributed by atoms with Crippen molar-refractivity contribution in [1.29, 1.82) is 0 Å². The lowest BCUT2D eigenvalue weighted by atomic mass is 10.4. The van der Waals surface area contributed by atoms with Gasteiger partial charge in [0.1, 0.15) is 6.61 Å². The summed E-state index contributed by atoms with van der Waals surface area (Å²) in [5, 5.41) is 0. The van der Waals surface area contributed by atoms with Gasteiger partial charge in [-0.15, -0.1) is 11.6 Å². The van der Waals surface area contributed by atoms with Crippen molar-refractivity contribution in [3.05, 3.63) is 12.2 Å². The molecule has 10 nitrogen and oxygen atoms in total. The van der Waals surface area contributed by atoms with E-state index in [9.17, 15) is 4.79 Å². The van der Waals surface area contributed by atoms with Crippen LogP contribution in [0.3, 0.4) is 0 Å². The molecule has 0 aliphatic heterocycles. The van der Waals surface area contributed by atoms with Crippen molar-refractivity contribution in [2.45, 2.75) is 6.92 Å². The highest BCUT2D eigenvalue weighted by Crippen LogP contribution is 1.92. The lowest BCUT2D eigenvalue weighted by Gasteiger charge is -2.08. The topological polar surface area (TPSA) is 100 Å². The average Bonchev–Trinajstić information content (AvgIpc) is 2.81. The summed E-state index contributed by atoms with van der Waals surface area (Å²) in [6.07, 6.45) is 0. The Hall–Kier alpha value is -0.820. The number of ether oxygens (including phenoxy) is 9. The van der Waals surface area contributed by atoms with Gasteiger partial charge in [0, 0.05) is 11.5 Å². The molecule has 0 aromatic rings. The summed E-state index contributed by atoms with van der Waals surface area (Å²) in [7, 11) is 0. The summed E-state index contributed by atoms with van der Waals surface area (Å²) in [6, 6.07) is 0. The van der Waals surface area contributed by atoms with Gasteiger partial charge in [-0.2, -0.15) is 0 Å². The van der Waals surface area contributed by atoms with E-state index in [0.717, 1.165) is 0 Å². The van der Waals surface area contributed by atoms with Crippen LogP contribution in [-0.2, 0) is 47.4 Å². The van der Waals surface area contributed by atoms with E-state index in [4.69, 9.17) is 54.2 Å². The third-order valence-electron chi connectivity index (χ3n) is 3.63. The molecule has 0 saturated heterocycles. The number of hydrogen-bond donors (Lipinski definition) is 0. The van der Waals surface area contributed by atoms with Crippen LogP contribution >= 0.6 is 11.6 Å². The normalized spacial score (nSPS) is 11.1. The standard InChI is InChI=1S/C22H41ClO10/c1-21(2)22(24)33-20-19-32-18-17-31-16-15-30-14-13-29-12-11-28-10-9-27-8-7-26-6-5-25-4-3-23/h1,3-20H2,2H3. The molecular formula is C22H41ClO10. The Morgan fingerprint density at radius 1 is 0.515 bits per heavy atom. The fraction of sp³-hybridized carbons (Fsp3) is 0.864. The molecule has 0 rings (SSSR count). The van der Waals surface area contributed by atoms with E-state index in [1.165, 1.54) is 0 Å². The molecule has 33 heavy (non-hydrogen) atoms. The summed E-state index contributed by atoms with van der Waals surface area (Å²) in [6.45, 7) is 13.2. The molecule has 0 atom stereocenters. The highest BCUT2D eigenvalue weighted by atomic mass is 35.5. The smallest absolute Gasteiger partial charge is 0.333 e. The van der Waals surface area contributed by atoms with E-state index >= 15 is 0 Å². The Balaban J connectivity index is 3.05. The molecule has 0 heterocycles. The number of carbonyl (C=O) groups excluding carboxylic acids is 1.